The molecule has 3 rings (SSSR count). The first kappa shape index (κ1) is 13.8. The van der Waals surface area contributed by atoms with Crippen LogP contribution in [0.15, 0.2) is 10.7 Å². The Balaban J connectivity index is 1.87. The molecule has 2 saturated heterocycles. The molecular formula is C13H17BrN4O2. The Morgan fingerprint density at radius 1 is 1.55 bits per heavy atom. The second-order valence-corrected chi connectivity index (χ2v) is 6.30. The van der Waals surface area contributed by atoms with Crippen molar-refractivity contribution in [2.45, 2.75) is 25.8 Å². The molecule has 2 aliphatic rings. The zero-order chi connectivity index (χ0) is 14.3. The Morgan fingerprint density at radius 3 is 3.10 bits per heavy atom. The van der Waals surface area contributed by atoms with Gasteiger partial charge in [-0.1, -0.05) is 0 Å². The highest BCUT2D eigenvalue weighted by molar-refractivity contribution is 9.10. The van der Waals surface area contributed by atoms with Gasteiger partial charge in [-0.05, 0) is 48.2 Å². The first-order chi connectivity index (χ1) is 9.58. The van der Waals surface area contributed by atoms with E-state index in [2.05, 4.69) is 31.1 Å². The highest BCUT2D eigenvalue weighted by Gasteiger charge is 2.34. The van der Waals surface area contributed by atoms with Crippen LogP contribution >= 0.6 is 15.9 Å². The van der Waals surface area contributed by atoms with Crippen LogP contribution in [0.1, 0.15) is 18.4 Å². The van der Waals surface area contributed by atoms with Crippen LogP contribution in [-0.4, -0.2) is 35.6 Å². The summed E-state index contributed by atoms with van der Waals surface area (Å²) in [4.78, 5) is 17.1. The minimum absolute atomic E-state index is 0.0676. The zero-order valence-electron chi connectivity index (χ0n) is 11.3. The monoisotopic (exact) mass is 340 g/mol. The van der Waals surface area contributed by atoms with E-state index in [1.54, 1.807) is 6.92 Å². The van der Waals surface area contributed by atoms with Crippen LogP contribution in [-0.2, 0) is 0 Å². The number of aromatic nitrogens is 1. The Morgan fingerprint density at radius 2 is 2.35 bits per heavy atom. The lowest BCUT2D eigenvalue weighted by molar-refractivity contribution is -0.385. The molecule has 0 radical (unpaired) electrons. The summed E-state index contributed by atoms with van der Waals surface area (Å²) in [7, 11) is 0. The van der Waals surface area contributed by atoms with Gasteiger partial charge in [0.2, 0.25) is 0 Å². The summed E-state index contributed by atoms with van der Waals surface area (Å²) in [6.45, 7) is 4.77. The minimum atomic E-state index is -0.385. The van der Waals surface area contributed by atoms with Gasteiger partial charge >= 0.3 is 0 Å². The summed E-state index contributed by atoms with van der Waals surface area (Å²) in [6.07, 6.45) is 3.67. The van der Waals surface area contributed by atoms with E-state index < -0.39 is 0 Å². The largest absolute Gasteiger partial charge is 0.355 e. The fourth-order valence-corrected chi connectivity index (χ4v) is 3.76. The van der Waals surface area contributed by atoms with Crippen molar-refractivity contribution in [3.8, 4) is 0 Å². The normalized spacial score (nSPS) is 25.6. The van der Waals surface area contributed by atoms with Gasteiger partial charge in [-0.3, -0.25) is 10.1 Å². The smallest absolute Gasteiger partial charge is 0.291 e. The Kier molecular flexibility index (Phi) is 3.64. The lowest BCUT2D eigenvalue weighted by Gasteiger charge is -2.36. The van der Waals surface area contributed by atoms with Crippen LogP contribution in [0, 0.1) is 23.0 Å². The van der Waals surface area contributed by atoms with Crippen molar-refractivity contribution in [2.24, 2.45) is 5.92 Å². The molecule has 0 amide bonds. The molecule has 7 heteroatoms. The standard InChI is InChI=1S/C13H17BrN4O2/c1-8-11(18(19)20)6-16-13(12(8)14)17-5-3-10-9(7-17)2-4-15-10/h6,9-10,15H,2-5,7H2,1H3. The molecule has 2 unspecified atom stereocenters. The van der Waals surface area contributed by atoms with Gasteiger partial charge in [0.1, 0.15) is 12.0 Å². The number of halogens is 1. The molecule has 2 aliphatic heterocycles. The van der Waals surface area contributed by atoms with Gasteiger partial charge in [0.25, 0.3) is 5.69 Å². The summed E-state index contributed by atoms with van der Waals surface area (Å²) in [5.74, 6) is 1.49. The second kappa shape index (κ2) is 5.29. The fourth-order valence-electron chi connectivity index (χ4n) is 3.20. The molecule has 0 aromatic carbocycles. The van der Waals surface area contributed by atoms with Gasteiger partial charge < -0.3 is 10.2 Å². The summed E-state index contributed by atoms with van der Waals surface area (Å²) in [6, 6.07) is 0.629. The number of fused-ring (bicyclic) bond motifs is 1. The molecule has 1 N–H and O–H groups in total. The van der Waals surface area contributed by atoms with Gasteiger partial charge in [0.15, 0.2) is 0 Å². The van der Waals surface area contributed by atoms with E-state index in [1.807, 2.05) is 0 Å². The number of piperidine rings is 1. The maximum absolute atomic E-state index is 10.9. The molecule has 3 heterocycles. The number of nitrogens with one attached hydrogen (secondary N) is 1. The number of rotatable bonds is 2. The third kappa shape index (κ3) is 2.29. The predicted molar refractivity (Wildman–Crippen MR) is 80.1 cm³/mol. The molecular weight excluding hydrogens is 324 g/mol. The number of pyridine rings is 1. The van der Waals surface area contributed by atoms with Crippen LogP contribution in [0.4, 0.5) is 11.5 Å². The molecule has 6 nitrogen and oxygen atoms in total. The van der Waals surface area contributed by atoms with Crippen LogP contribution in [0.2, 0.25) is 0 Å². The Hall–Kier alpha value is -1.21. The maximum Gasteiger partial charge on any atom is 0.291 e. The van der Waals surface area contributed by atoms with Gasteiger partial charge in [0, 0.05) is 24.7 Å². The van der Waals surface area contributed by atoms with Crippen LogP contribution in [0.5, 0.6) is 0 Å². The van der Waals surface area contributed by atoms with Crippen molar-refractivity contribution >= 4 is 27.4 Å². The summed E-state index contributed by atoms with van der Waals surface area (Å²) in [5, 5.41) is 14.5. The summed E-state index contributed by atoms with van der Waals surface area (Å²) < 4.78 is 0.746. The molecule has 108 valence electrons. The van der Waals surface area contributed by atoms with Crippen LogP contribution < -0.4 is 10.2 Å². The van der Waals surface area contributed by atoms with Gasteiger partial charge in [-0.15, -0.1) is 0 Å². The summed E-state index contributed by atoms with van der Waals surface area (Å²) in [5.41, 5.74) is 0.713. The van der Waals surface area contributed by atoms with Crippen molar-refractivity contribution in [1.82, 2.24) is 10.3 Å². The van der Waals surface area contributed by atoms with E-state index in [1.165, 1.54) is 12.6 Å². The van der Waals surface area contributed by atoms with E-state index in [4.69, 9.17) is 0 Å². The molecule has 1 aromatic rings. The van der Waals surface area contributed by atoms with E-state index in [0.717, 1.165) is 36.3 Å². The van der Waals surface area contributed by atoms with Gasteiger partial charge in [0.05, 0.1) is 9.40 Å². The number of nitrogens with zero attached hydrogens (tertiary/aromatic N) is 3. The molecule has 0 saturated carbocycles. The SMILES string of the molecule is Cc1c([N+](=O)[O-])cnc(N2CCC3NCCC3C2)c1Br. The number of hydrogen-bond acceptors (Lipinski definition) is 5. The molecule has 20 heavy (non-hydrogen) atoms. The topological polar surface area (TPSA) is 71.3 Å². The predicted octanol–water partition coefficient (Wildman–Crippen LogP) is 2.25. The zero-order valence-corrected chi connectivity index (χ0v) is 12.9. The molecule has 0 aliphatic carbocycles. The molecule has 1 aromatic heterocycles. The van der Waals surface area contributed by atoms with Gasteiger partial charge in [-0.2, -0.15) is 0 Å². The van der Waals surface area contributed by atoms with Crippen molar-refractivity contribution in [3.05, 3.63) is 26.3 Å². The highest BCUT2D eigenvalue weighted by atomic mass is 79.9. The first-order valence-corrected chi connectivity index (χ1v) is 7.65. The number of anilines is 1. The molecule has 2 fully saturated rings. The lowest BCUT2D eigenvalue weighted by atomic mass is 9.93. The molecule has 2 atom stereocenters. The Labute approximate surface area is 125 Å². The van der Waals surface area contributed by atoms with Crippen molar-refractivity contribution in [1.29, 1.82) is 0 Å². The number of nitro groups is 1. The van der Waals surface area contributed by atoms with E-state index >= 15 is 0 Å². The van der Waals surface area contributed by atoms with Crippen molar-refractivity contribution < 1.29 is 4.92 Å². The third-order valence-corrected chi connectivity index (χ3v) is 5.32. The van der Waals surface area contributed by atoms with Gasteiger partial charge in [-0.25, -0.2) is 4.98 Å². The van der Waals surface area contributed by atoms with E-state index in [-0.39, 0.29) is 10.6 Å². The van der Waals surface area contributed by atoms with Crippen molar-refractivity contribution in [3.63, 3.8) is 0 Å². The quantitative estimate of drug-likeness (QED) is 0.660. The number of hydrogen-bond donors (Lipinski definition) is 1. The van der Waals surface area contributed by atoms with Crippen molar-refractivity contribution in [2.75, 3.05) is 24.5 Å². The van der Waals surface area contributed by atoms with E-state index in [0.29, 0.717) is 17.5 Å². The minimum Gasteiger partial charge on any atom is -0.355 e. The average molecular weight is 341 g/mol. The average Bonchev–Trinajstić information content (AvgIpc) is 2.88. The van der Waals surface area contributed by atoms with E-state index in [9.17, 15) is 10.1 Å². The second-order valence-electron chi connectivity index (χ2n) is 5.51. The molecule has 0 bridgehead atoms. The third-order valence-electron chi connectivity index (χ3n) is 4.37. The fraction of sp³-hybridized carbons (Fsp3) is 0.615. The summed E-state index contributed by atoms with van der Waals surface area (Å²) >= 11 is 3.48. The van der Waals surface area contributed by atoms with Crippen LogP contribution in [0.25, 0.3) is 0 Å². The first-order valence-electron chi connectivity index (χ1n) is 6.85. The highest BCUT2D eigenvalue weighted by Crippen LogP contribution is 2.35. The molecule has 0 spiro atoms. The maximum atomic E-state index is 10.9. The van der Waals surface area contributed by atoms with Crippen LogP contribution in [0.3, 0.4) is 0 Å². The Bertz CT molecular complexity index is 551. The lowest BCUT2D eigenvalue weighted by Crippen LogP contribution is -2.44.